The van der Waals surface area contributed by atoms with Gasteiger partial charge in [0.15, 0.2) is 5.01 Å². The molecule has 2 aromatic rings. The first-order valence-electron chi connectivity index (χ1n) is 14.1. The Morgan fingerprint density at radius 1 is 1.12 bits per heavy atom. The Morgan fingerprint density at radius 2 is 1.86 bits per heavy atom. The normalized spacial score (nSPS) is 25.3. The highest BCUT2D eigenvalue weighted by Crippen LogP contribution is 2.41. The average Bonchev–Trinajstić information content (AvgIpc) is 3.67. The third-order valence-corrected chi connectivity index (χ3v) is 9.37. The number of carbonyl (C=O) groups is 3. The number of hydrogen-bond donors (Lipinski definition) is 3. The van der Waals surface area contributed by atoms with Crippen LogP contribution in [0.4, 0.5) is 13.2 Å². The molecule has 1 saturated carbocycles. The van der Waals surface area contributed by atoms with E-state index in [0.717, 1.165) is 44.0 Å². The van der Waals surface area contributed by atoms with Crippen LogP contribution in [0.3, 0.4) is 0 Å². The number of benzene rings is 1. The molecule has 2 aliphatic heterocycles. The molecule has 228 valence electrons. The quantitative estimate of drug-likeness (QED) is 0.441. The Labute approximate surface area is 245 Å². The van der Waals surface area contributed by atoms with Gasteiger partial charge in [-0.15, -0.1) is 11.3 Å². The predicted octanol–water partition coefficient (Wildman–Crippen LogP) is 2.38. The minimum Gasteiger partial charge on any atom is -0.384 e. The molecule has 0 bridgehead atoms. The van der Waals surface area contributed by atoms with Gasteiger partial charge in [0.25, 0.3) is 11.8 Å². The highest BCUT2D eigenvalue weighted by atomic mass is 32.1. The van der Waals surface area contributed by atoms with Gasteiger partial charge in [0.1, 0.15) is 5.60 Å². The molecule has 10 nitrogen and oxygen atoms in total. The number of aliphatic hydroxyl groups is 1. The standard InChI is InChI=1S/C28H34F3N5O5S/c29-28(30,31)19-3-1-2-18(14-19)24(38)32-16-23(37)34-20-6-9-36(17-20)21-4-7-27(40,8-5-21)22-15-33-25(42-22)26(39)35-10-12-41-13-11-35/h1-3,14-15,20-21,40H,4-13,16-17H2,(H,32,38)(H,34,37)/t20-,21?,27?/m1/s1. The third-order valence-electron chi connectivity index (χ3n) is 8.19. The summed E-state index contributed by atoms with van der Waals surface area (Å²) in [6.45, 7) is 3.16. The number of nitrogens with one attached hydrogen (secondary N) is 2. The number of amides is 3. The van der Waals surface area contributed by atoms with E-state index >= 15 is 0 Å². The van der Waals surface area contributed by atoms with Gasteiger partial charge in [-0.2, -0.15) is 13.2 Å². The molecule has 3 N–H and O–H groups in total. The van der Waals surface area contributed by atoms with Crippen molar-refractivity contribution >= 4 is 29.1 Å². The van der Waals surface area contributed by atoms with Crippen LogP contribution in [0.5, 0.6) is 0 Å². The van der Waals surface area contributed by atoms with Gasteiger partial charge in [-0.25, -0.2) is 4.98 Å². The molecule has 42 heavy (non-hydrogen) atoms. The lowest BCUT2D eigenvalue weighted by molar-refractivity contribution is -0.137. The number of morpholine rings is 1. The Kier molecular flexibility index (Phi) is 9.16. The molecule has 0 unspecified atom stereocenters. The van der Waals surface area contributed by atoms with E-state index in [9.17, 15) is 32.7 Å². The van der Waals surface area contributed by atoms with Crippen molar-refractivity contribution in [3.8, 4) is 0 Å². The number of ether oxygens (including phenoxy) is 1. The van der Waals surface area contributed by atoms with Gasteiger partial charge in [0.2, 0.25) is 5.91 Å². The van der Waals surface area contributed by atoms with E-state index < -0.39 is 29.2 Å². The fourth-order valence-corrected chi connectivity index (χ4v) is 6.83. The maximum absolute atomic E-state index is 12.9. The van der Waals surface area contributed by atoms with Crippen LogP contribution in [0.1, 0.15) is 62.7 Å². The van der Waals surface area contributed by atoms with Crippen LogP contribution >= 0.6 is 11.3 Å². The monoisotopic (exact) mass is 609 g/mol. The van der Waals surface area contributed by atoms with Crippen molar-refractivity contribution in [3.05, 3.63) is 51.5 Å². The van der Waals surface area contributed by atoms with Crippen molar-refractivity contribution in [3.63, 3.8) is 0 Å². The van der Waals surface area contributed by atoms with Crippen molar-refractivity contribution in [1.82, 2.24) is 25.4 Å². The Morgan fingerprint density at radius 3 is 2.57 bits per heavy atom. The lowest BCUT2D eigenvalue weighted by atomic mass is 9.81. The fraction of sp³-hybridized carbons (Fsp3) is 0.571. The largest absolute Gasteiger partial charge is 0.416 e. The molecule has 3 amide bonds. The van der Waals surface area contributed by atoms with Gasteiger partial charge < -0.3 is 25.4 Å². The minimum absolute atomic E-state index is 0.112. The van der Waals surface area contributed by atoms with Gasteiger partial charge in [-0.05, 0) is 50.3 Å². The first-order valence-corrected chi connectivity index (χ1v) is 14.9. The summed E-state index contributed by atoms with van der Waals surface area (Å²) in [6, 6.07) is 4.19. The Hall–Kier alpha value is -3.07. The summed E-state index contributed by atoms with van der Waals surface area (Å²) >= 11 is 1.25. The molecule has 1 atom stereocenters. The van der Waals surface area contributed by atoms with E-state index in [0.29, 0.717) is 55.6 Å². The maximum Gasteiger partial charge on any atom is 0.416 e. The summed E-state index contributed by atoms with van der Waals surface area (Å²) in [5.74, 6) is -1.29. The van der Waals surface area contributed by atoms with Crippen molar-refractivity contribution in [2.75, 3.05) is 45.9 Å². The SMILES string of the molecule is O=C(CNC(=O)c1cccc(C(F)(F)F)c1)N[C@@H]1CCN(C2CCC(O)(c3cnc(C(=O)N4CCOCC4)s3)CC2)C1. The van der Waals surface area contributed by atoms with Crippen LogP contribution in [0.25, 0.3) is 0 Å². The molecule has 0 spiro atoms. The first-order chi connectivity index (χ1) is 20.0. The van der Waals surface area contributed by atoms with Crippen LogP contribution in [-0.2, 0) is 21.3 Å². The zero-order chi connectivity index (χ0) is 29.9. The average molecular weight is 610 g/mol. The van der Waals surface area contributed by atoms with Crippen molar-refractivity contribution < 1.29 is 37.4 Å². The summed E-state index contributed by atoms with van der Waals surface area (Å²) in [5.41, 5.74) is -2.12. The van der Waals surface area contributed by atoms with Gasteiger partial charge in [-0.1, -0.05) is 6.07 Å². The summed E-state index contributed by atoms with van der Waals surface area (Å²) in [7, 11) is 0. The molecule has 3 fully saturated rings. The van der Waals surface area contributed by atoms with Crippen LogP contribution in [-0.4, -0.2) is 95.6 Å². The molecule has 14 heteroatoms. The molecule has 2 saturated heterocycles. The van der Waals surface area contributed by atoms with E-state index in [-0.39, 0.29) is 30.1 Å². The van der Waals surface area contributed by atoms with Crippen LogP contribution < -0.4 is 10.6 Å². The van der Waals surface area contributed by atoms with E-state index in [1.807, 2.05) is 0 Å². The van der Waals surface area contributed by atoms with E-state index in [2.05, 4.69) is 20.5 Å². The van der Waals surface area contributed by atoms with Gasteiger partial charge >= 0.3 is 6.18 Å². The van der Waals surface area contributed by atoms with Crippen molar-refractivity contribution in [2.45, 2.75) is 56.0 Å². The van der Waals surface area contributed by atoms with Crippen LogP contribution in [0.15, 0.2) is 30.5 Å². The fourth-order valence-electron chi connectivity index (χ4n) is 5.80. The zero-order valence-corrected chi connectivity index (χ0v) is 23.8. The second kappa shape index (κ2) is 12.7. The van der Waals surface area contributed by atoms with Crippen LogP contribution in [0, 0.1) is 0 Å². The Balaban J connectivity index is 1.06. The molecule has 5 rings (SSSR count). The smallest absolute Gasteiger partial charge is 0.384 e. The molecular weight excluding hydrogens is 575 g/mol. The maximum atomic E-state index is 12.9. The molecule has 0 radical (unpaired) electrons. The minimum atomic E-state index is -4.56. The molecule has 1 aromatic carbocycles. The van der Waals surface area contributed by atoms with E-state index in [4.69, 9.17) is 4.74 Å². The number of likely N-dealkylation sites (tertiary alicyclic amines) is 1. The summed E-state index contributed by atoms with van der Waals surface area (Å²) in [6.07, 6.45) is 0.388. The second-order valence-electron chi connectivity index (χ2n) is 11.0. The highest BCUT2D eigenvalue weighted by Gasteiger charge is 2.40. The van der Waals surface area contributed by atoms with Gasteiger partial charge in [0, 0.05) is 50.0 Å². The molecule has 3 heterocycles. The van der Waals surface area contributed by atoms with Crippen molar-refractivity contribution in [1.29, 1.82) is 0 Å². The summed E-state index contributed by atoms with van der Waals surface area (Å²) in [4.78, 5) is 46.5. The highest BCUT2D eigenvalue weighted by molar-refractivity contribution is 7.13. The molecular formula is C28H34F3N5O5S. The van der Waals surface area contributed by atoms with Crippen LogP contribution in [0.2, 0.25) is 0 Å². The number of carbonyl (C=O) groups excluding carboxylic acids is 3. The third kappa shape index (κ3) is 7.10. The second-order valence-corrected chi connectivity index (χ2v) is 12.0. The summed E-state index contributed by atoms with van der Waals surface area (Å²) < 4.78 is 44.0. The topological polar surface area (TPSA) is 124 Å². The number of halogens is 3. The number of rotatable bonds is 7. The first kappa shape index (κ1) is 30.4. The Bertz CT molecular complexity index is 1290. The number of thiazole rings is 1. The lowest BCUT2D eigenvalue weighted by Gasteiger charge is -2.39. The summed E-state index contributed by atoms with van der Waals surface area (Å²) in [5, 5.41) is 17.0. The molecule has 1 aromatic heterocycles. The lowest BCUT2D eigenvalue weighted by Crippen LogP contribution is -2.45. The number of nitrogens with zero attached hydrogens (tertiary/aromatic N) is 3. The van der Waals surface area contributed by atoms with Crippen molar-refractivity contribution in [2.24, 2.45) is 0 Å². The van der Waals surface area contributed by atoms with Gasteiger partial charge in [0.05, 0.1) is 30.2 Å². The predicted molar refractivity (Wildman–Crippen MR) is 147 cm³/mol. The number of alkyl halides is 3. The molecule has 1 aliphatic carbocycles. The van der Waals surface area contributed by atoms with E-state index in [1.165, 1.54) is 17.4 Å². The van der Waals surface area contributed by atoms with Gasteiger partial charge in [-0.3, -0.25) is 19.3 Å². The van der Waals surface area contributed by atoms with E-state index in [1.54, 1.807) is 11.1 Å². The molecule has 3 aliphatic rings. The number of hydrogen-bond acceptors (Lipinski definition) is 8. The number of aromatic nitrogens is 1. The zero-order valence-electron chi connectivity index (χ0n) is 23.0.